The molecule has 0 saturated carbocycles. The second kappa shape index (κ2) is 4.99. The molecule has 0 aliphatic heterocycles. The van der Waals surface area contributed by atoms with Crippen LogP contribution in [0.25, 0.3) is 10.9 Å². The number of benzene rings is 2. The van der Waals surface area contributed by atoms with E-state index in [-0.39, 0.29) is 0 Å². The van der Waals surface area contributed by atoms with Crippen LogP contribution in [0.4, 0.5) is 0 Å². The fourth-order valence-electron chi connectivity index (χ4n) is 2.44. The van der Waals surface area contributed by atoms with Crippen LogP contribution in [0, 0.1) is 11.3 Å². The van der Waals surface area contributed by atoms with E-state index in [1.54, 1.807) is 0 Å². The lowest BCUT2D eigenvalue weighted by molar-refractivity contribution is 0.837. The minimum absolute atomic E-state index is 0.465. The van der Waals surface area contributed by atoms with E-state index in [9.17, 15) is 0 Å². The summed E-state index contributed by atoms with van der Waals surface area (Å²) in [5.41, 5.74) is 3.58. The Morgan fingerprint density at radius 3 is 2.58 bits per heavy atom. The molecule has 0 radical (unpaired) electrons. The number of hydrogen-bond donors (Lipinski definition) is 0. The average Bonchev–Trinajstić information content (AvgIpc) is 2.85. The molecule has 0 amide bonds. The Labute approximate surface area is 112 Å². The van der Waals surface area contributed by atoms with Crippen molar-refractivity contribution >= 4 is 10.9 Å². The van der Waals surface area contributed by atoms with Gasteiger partial charge in [-0.05, 0) is 23.3 Å². The highest BCUT2D eigenvalue weighted by Gasteiger charge is 2.05. The smallest absolute Gasteiger partial charge is 0.0669 e. The van der Waals surface area contributed by atoms with Crippen LogP contribution in [0.1, 0.15) is 11.1 Å². The maximum Gasteiger partial charge on any atom is 0.0669 e. The third-order valence-electron chi connectivity index (χ3n) is 3.37. The molecule has 0 saturated heterocycles. The zero-order valence-corrected chi connectivity index (χ0v) is 10.6. The minimum Gasteiger partial charge on any atom is -0.343 e. The molecule has 2 heteroatoms. The molecule has 2 aromatic carbocycles. The van der Waals surface area contributed by atoms with Crippen LogP contribution in [0.15, 0.2) is 60.8 Å². The van der Waals surface area contributed by atoms with Gasteiger partial charge in [0.2, 0.25) is 0 Å². The number of nitrogens with zero attached hydrogens (tertiary/aromatic N) is 2. The summed E-state index contributed by atoms with van der Waals surface area (Å²) >= 11 is 0. The molecular formula is C17H14N2. The molecule has 0 aliphatic carbocycles. The Morgan fingerprint density at radius 2 is 1.79 bits per heavy atom. The van der Waals surface area contributed by atoms with Gasteiger partial charge in [0, 0.05) is 23.6 Å². The van der Waals surface area contributed by atoms with Gasteiger partial charge in [0.25, 0.3) is 0 Å². The molecule has 19 heavy (non-hydrogen) atoms. The fourth-order valence-corrected chi connectivity index (χ4v) is 2.44. The van der Waals surface area contributed by atoms with Gasteiger partial charge in [-0.15, -0.1) is 0 Å². The molecule has 92 valence electrons. The van der Waals surface area contributed by atoms with Crippen LogP contribution < -0.4 is 0 Å². The summed E-state index contributed by atoms with van der Waals surface area (Å²) in [6.45, 7) is 0.861. The van der Waals surface area contributed by atoms with Gasteiger partial charge in [-0.3, -0.25) is 0 Å². The lowest BCUT2D eigenvalue weighted by Crippen LogP contribution is -1.97. The molecular weight excluding hydrogens is 232 g/mol. The Kier molecular flexibility index (Phi) is 3.04. The zero-order valence-electron chi connectivity index (χ0n) is 10.6. The van der Waals surface area contributed by atoms with Gasteiger partial charge in [-0.1, -0.05) is 42.5 Å². The summed E-state index contributed by atoms with van der Waals surface area (Å²) in [4.78, 5) is 0. The predicted octanol–water partition coefficient (Wildman–Crippen LogP) is 3.76. The first-order chi connectivity index (χ1) is 9.38. The minimum atomic E-state index is 0.465. The van der Waals surface area contributed by atoms with Crippen molar-refractivity contribution in [3.05, 3.63) is 71.9 Å². The number of nitriles is 1. The molecule has 0 bridgehead atoms. The number of aromatic nitrogens is 1. The Balaban J connectivity index is 2.02. The van der Waals surface area contributed by atoms with Gasteiger partial charge in [0.1, 0.15) is 0 Å². The second-order valence-corrected chi connectivity index (χ2v) is 4.61. The van der Waals surface area contributed by atoms with Crippen molar-refractivity contribution in [2.24, 2.45) is 0 Å². The van der Waals surface area contributed by atoms with Crippen LogP contribution >= 0.6 is 0 Å². The van der Waals surface area contributed by atoms with Crippen LogP contribution in [0.5, 0.6) is 0 Å². The highest BCUT2D eigenvalue weighted by atomic mass is 14.9. The summed E-state index contributed by atoms with van der Waals surface area (Å²) in [7, 11) is 0. The van der Waals surface area contributed by atoms with Gasteiger partial charge in [0.05, 0.1) is 12.5 Å². The van der Waals surface area contributed by atoms with Crippen molar-refractivity contribution < 1.29 is 0 Å². The highest BCUT2D eigenvalue weighted by molar-refractivity contribution is 5.84. The summed E-state index contributed by atoms with van der Waals surface area (Å²) in [6, 6.07) is 20.9. The maximum absolute atomic E-state index is 8.86. The highest BCUT2D eigenvalue weighted by Crippen LogP contribution is 2.21. The van der Waals surface area contributed by atoms with Crippen LogP contribution in [0.2, 0.25) is 0 Å². The first-order valence-electron chi connectivity index (χ1n) is 6.36. The molecule has 1 heterocycles. The van der Waals surface area contributed by atoms with Gasteiger partial charge in [0.15, 0.2) is 0 Å². The number of fused-ring (bicyclic) bond motifs is 1. The van der Waals surface area contributed by atoms with Crippen molar-refractivity contribution in [3.8, 4) is 6.07 Å². The second-order valence-electron chi connectivity index (χ2n) is 4.61. The topological polar surface area (TPSA) is 28.7 Å². The Bertz CT molecular complexity index is 733. The molecule has 0 N–H and O–H groups in total. The monoisotopic (exact) mass is 246 g/mol. The molecule has 0 aliphatic rings. The van der Waals surface area contributed by atoms with Crippen LogP contribution in [0.3, 0.4) is 0 Å². The molecule has 3 rings (SSSR count). The lowest BCUT2D eigenvalue weighted by Gasteiger charge is -2.06. The molecule has 0 fully saturated rings. The Hall–Kier alpha value is -2.53. The SMILES string of the molecule is N#CCc1cccc2c1ccn2Cc1ccccc1. The summed E-state index contributed by atoms with van der Waals surface area (Å²) in [5, 5.41) is 10.0. The average molecular weight is 246 g/mol. The van der Waals surface area contributed by atoms with Crippen molar-refractivity contribution in [1.29, 1.82) is 5.26 Å². The standard InChI is InChI=1S/C17H14N2/c18-11-9-15-7-4-8-17-16(15)10-12-19(17)13-14-5-2-1-3-6-14/h1-8,10,12H,9,13H2. The summed E-state index contributed by atoms with van der Waals surface area (Å²) in [5.74, 6) is 0. The third kappa shape index (κ3) is 2.23. The molecule has 0 atom stereocenters. The molecule has 3 aromatic rings. The normalized spacial score (nSPS) is 10.5. The van der Waals surface area contributed by atoms with Crippen LogP contribution in [-0.4, -0.2) is 4.57 Å². The van der Waals surface area contributed by atoms with Crippen molar-refractivity contribution in [3.63, 3.8) is 0 Å². The van der Waals surface area contributed by atoms with E-state index < -0.39 is 0 Å². The third-order valence-corrected chi connectivity index (χ3v) is 3.37. The van der Waals surface area contributed by atoms with E-state index in [2.05, 4.69) is 53.2 Å². The van der Waals surface area contributed by atoms with E-state index in [1.807, 2.05) is 18.2 Å². The quantitative estimate of drug-likeness (QED) is 0.691. The fraction of sp³-hybridized carbons (Fsp3) is 0.118. The summed E-state index contributed by atoms with van der Waals surface area (Å²) < 4.78 is 2.23. The summed E-state index contributed by atoms with van der Waals surface area (Å²) in [6.07, 6.45) is 2.56. The molecule has 2 nitrogen and oxygen atoms in total. The van der Waals surface area contributed by atoms with Crippen molar-refractivity contribution in [1.82, 2.24) is 4.57 Å². The van der Waals surface area contributed by atoms with E-state index >= 15 is 0 Å². The van der Waals surface area contributed by atoms with Gasteiger partial charge < -0.3 is 4.57 Å². The first-order valence-corrected chi connectivity index (χ1v) is 6.36. The van der Waals surface area contributed by atoms with Gasteiger partial charge in [-0.25, -0.2) is 0 Å². The lowest BCUT2D eigenvalue weighted by atomic mass is 10.1. The molecule has 0 spiro atoms. The van der Waals surface area contributed by atoms with Gasteiger partial charge in [-0.2, -0.15) is 5.26 Å². The van der Waals surface area contributed by atoms with E-state index in [1.165, 1.54) is 16.5 Å². The van der Waals surface area contributed by atoms with E-state index in [0.717, 1.165) is 12.1 Å². The maximum atomic E-state index is 8.86. The van der Waals surface area contributed by atoms with Crippen LogP contribution in [-0.2, 0) is 13.0 Å². The number of hydrogen-bond acceptors (Lipinski definition) is 1. The van der Waals surface area contributed by atoms with E-state index in [4.69, 9.17) is 5.26 Å². The first kappa shape index (κ1) is 11.6. The van der Waals surface area contributed by atoms with Crippen molar-refractivity contribution in [2.45, 2.75) is 13.0 Å². The van der Waals surface area contributed by atoms with Gasteiger partial charge >= 0.3 is 0 Å². The molecule has 0 unspecified atom stereocenters. The number of rotatable bonds is 3. The Morgan fingerprint density at radius 1 is 0.947 bits per heavy atom. The van der Waals surface area contributed by atoms with E-state index in [0.29, 0.717) is 6.42 Å². The molecule has 1 aromatic heterocycles. The zero-order chi connectivity index (χ0) is 13.1. The predicted molar refractivity (Wildman–Crippen MR) is 76.8 cm³/mol. The van der Waals surface area contributed by atoms with Crippen molar-refractivity contribution in [2.75, 3.05) is 0 Å². The largest absolute Gasteiger partial charge is 0.343 e.